The fraction of sp³-hybridized carbons (Fsp3) is 0.0625. The summed E-state index contributed by atoms with van der Waals surface area (Å²) < 4.78 is 137. The Hall–Kier alpha value is -4.94. The molecule has 2 heterocycles. The zero-order valence-corrected chi connectivity index (χ0v) is 34.7. The summed E-state index contributed by atoms with van der Waals surface area (Å²) in [4.78, 5) is 4.15. The number of aliphatic hydroxyl groups is 2. The van der Waals surface area contributed by atoms with E-state index < -0.39 is 118 Å². The minimum atomic E-state index is -5.29. The van der Waals surface area contributed by atoms with Crippen molar-refractivity contribution in [2.24, 2.45) is 20.5 Å². The number of nitrogens with zero attached hydrogens (tertiary/aromatic N) is 6. The van der Waals surface area contributed by atoms with Crippen molar-refractivity contribution in [2.45, 2.75) is 31.8 Å². The van der Waals surface area contributed by atoms with Gasteiger partial charge in [-0.3, -0.25) is 28.2 Å². The Morgan fingerprint density at radius 1 is 0.475 bits per heavy atom. The largest absolute Gasteiger partial charge is 0.504 e. The Balaban J connectivity index is 0.00000661. The Morgan fingerprint density at radius 3 is 1.14 bits per heavy atom. The summed E-state index contributed by atoms with van der Waals surface area (Å²) >= 11 is 0. The van der Waals surface area contributed by atoms with Crippen LogP contribution in [0.25, 0.3) is 21.8 Å². The van der Waals surface area contributed by atoms with Crippen LogP contribution in [0.4, 0.5) is 22.7 Å². The van der Waals surface area contributed by atoms with E-state index in [9.17, 15) is 72.3 Å². The molecule has 0 amide bonds. The predicted molar refractivity (Wildman–Crippen MR) is 203 cm³/mol. The summed E-state index contributed by atoms with van der Waals surface area (Å²) in [5.41, 5.74) is -3.98. The molecule has 0 bridgehead atoms. The van der Waals surface area contributed by atoms with Gasteiger partial charge in [0.15, 0.2) is 11.5 Å². The van der Waals surface area contributed by atoms with Crippen molar-refractivity contribution in [3.05, 3.63) is 96.3 Å². The Bertz CT molecular complexity index is 2990. The average molecular weight is 900 g/mol. The van der Waals surface area contributed by atoms with Gasteiger partial charge in [-0.2, -0.15) is 43.9 Å². The van der Waals surface area contributed by atoms with E-state index in [-0.39, 0.29) is 51.4 Å². The molecule has 303 valence electrons. The normalized spacial score (nSPS) is 13.9. The molecule has 4 aromatic carbocycles. The molecule has 0 saturated heterocycles. The topological polar surface area (TPSA) is 374 Å². The molecule has 1 radical (unpaired) electrons. The van der Waals surface area contributed by atoms with Gasteiger partial charge in [0.2, 0.25) is 0 Å². The third-order valence-electron chi connectivity index (χ3n) is 8.20. The second kappa shape index (κ2) is 16.6. The molecule has 6 aromatic rings. The van der Waals surface area contributed by atoms with Crippen LogP contribution < -0.4 is 0 Å². The number of rotatable bonds is 11. The summed E-state index contributed by atoms with van der Waals surface area (Å²) in [6, 6.07) is 11.6. The van der Waals surface area contributed by atoms with Gasteiger partial charge in [0.1, 0.15) is 54.2 Å². The van der Waals surface area contributed by atoms with E-state index in [1.54, 1.807) is 0 Å². The molecule has 2 aromatic heterocycles. The third kappa shape index (κ3) is 9.44. The number of aliphatic hydroxyl groups excluding tert-OH is 2. The first-order chi connectivity index (χ1) is 27.0. The molecule has 0 spiro atoms. The number of benzene rings is 4. The molecule has 0 aliphatic heterocycles. The number of aromatic nitrogens is 2. The Labute approximate surface area is 354 Å². The Kier molecular flexibility index (Phi) is 12.7. The number of phenolic OH excluding ortho intramolecular Hbond substituents is 2. The van der Waals surface area contributed by atoms with E-state index in [1.165, 1.54) is 36.7 Å². The molecule has 2 atom stereocenters. The van der Waals surface area contributed by atoms with Crippen LogP contribution in [0.15, 0.2) is 125 Å². The SMILES string of the molecule is O=S(=O)(O)c1cc(N=Nc2cc(S(=O)(=O)O)c3cccnc3c2O)ccc1C(O)C(O)c1ccc(N=Nc2cc(S(=O)(=O)O)c3cccnc3c2O)cc1S(=O)(=O)O.[Na]. The fourth-order valence-electron chi connectivity index (χ4n) is 5.62. The molecule has 27 heteroatoms. The second-order valence-corrected chi connectivity index (χ2v) is 17.5. The maximum Gasteiger partial charge on any atom is 0.295 e. The molecule has 0 saturated carbocycles. The standard InChI is InChI=1S/C32H24N6O16S4.Na/c39-29(19-7-5-15(11-23(19)55(43,44)45)35-37-21-13-25(57(49,50)51)17-3-1-9-33-27(17)31(21)41)30(40)20-8-6-16(12-24(20)56(46,47)48)36-38-22-14-26(58(52,53)54)18-4-2-10-34-28(18)32(22)42;/h1-14,29-30,39-42H,(H,43,44,45)(H,46,47,48)(H,49,50,51)(H,52,53,54);. The first-order valence-electron chi connectivity index (χ1n) is 15.6. The summed E-state index contributed by atoms with van der Waals surface area (Å²) in [7, 11) is -20.3. The molecule has 0 aliphatic carbocycles. The second-order valence-electron chi connectivity index (χ2n) is 11.9. The smallest absolute Gasteiger partial charge is 0.295 e. The minimum Gasteiger partial charge on any atom is -0.504 e. The van der Waals surface area contributed by atoms with Gasteiger partial charge in [0.05, 0.1) is 11.4 Å². The molecular weight excluding hydrogens is 876 g/mol. The summed E-state index contributed by atoms with van der Waals surface area (Å²) in [6.45, 7) is 0. The van der Waals surface area contributed by atoms with Gasteiger partial charge in [0.25, 0.3) is 40.5 Å². The van der Waals surface area contributed by atoms with E-state index >= 15 is 0 Å². The summed E-state index contributed by atoms with van der Waals surface area (Å²) in [5, 5.41) is 58.1. The number of hydrogen-bond acceptors (Lipinski definition) is 18. The summed E-state index contributed by atoms with van der Waals surface area (Å²) in [6.07, 6.45) is -2.33. The molecule has 8 N–H and O–H groups in total. The van der Waals surface area contributed by atoms with E-state index in [0.717, 1.165) is 36.4 Å². The molecule has 2 unspecified atom stereocenters. The number of aromatic hydroxyl groups is 2. The van der Waals surface area contributed by atoms with Crippen LogP contribution in [0.1, 0.15) is 23.3 Å². The van der Waals surface area contributed by atoms with Crippen LogP contribution >= 0.6 is 0 Å². The van der Waals surface area contributed by atoms with E-state index in [2.05, 4.69) is 30.4 Å². The first kappa shape index (κ1) is 45.1. The number of fused-ring (bicyclic) bond motifs is 2. The van der Waals surface area contributed by atoms with Crippen LogP contribution in [-0.4, -0.2) is 112 Å². The quantitative estimate of drug-likeness (QED) is 0.0507. The van der Waals surface area contributed by atoms with Crippen molar-refractivity contribution in [3.63, 3.8) is 0 Å². The fourth-order valence-corrected chi connectivity index (χ4v) is 8.54. The maximum absolute atomic E-state index is 12.5. The number of phenols is 2. The van der Waals surface area contributed by atoms with Crippen molar-refractivity contribution in [1.82, 2.24) is 9.97 Å². The predicted octanol–water partition coefficient (Wildman–Crippen LogP) is 4.40. The van der Waals surface area contributed by atoms with Crippen molar-refractivity contribution in [1.29, 1.82) is 0 Å². The zero-order chi connectivity index (χ0) is 42.5. The average Bonchev–Trinajstić information content (AvgIpc) is 3.15. The molecule has 22 nitrogen and oxygen atoms in total. The van der Waals surface area contributed by atoms with Gasteiger partial charge < -0.3 is 20.4 Å². The van der Waals surface area contributed by atoms with E-state index in [0.29, 0.717) is 12.1 Å². The molecule has 59 heavy (non-hydrogen) atoms. The van der Waals surface area contributed by atoms with Crippen molar-refractivity contribution < 1.29 is 72.3 Å². The molecule has 0 aliphatic rings. The monoisotopic (exact) mass is 899 g/mol. The zero-order valence-electron chi connectivity index (χ0n) is 29.4. The number of azo groups is 2. The van der Waals surface area contributed by atoms with E-state index in [1.807, 2.05) is 0 Å². The molecule has 0 fully saturated rings. The van der Waals surface area contributed by atoms with Crippen molar-refractivity contribution in [2.75, 3.05) is 0 Å². The number of hydrogen-bond donors (Lipinski definition) is 8. The van der Waals surface area contributed by atoms with Crippen molar-refractivity contribution in [3.8, 4) is 11.5 Å². The van der Waals surface area contributed by atoms with E-state index in [4.69, 9.17) is 0 Å². The van der Waals surface area contributed by atoms with Gasteiger partial charge in [0, 0.05) is 63.9 Å². The molecule has 6 rings (SSSR count). The van der Waals surface area contributed by atoms with Crippen LogP contribution in [-0.2, 0) is 40.5 Å². The van der Waals surface area contributed by atoms with Crippen LogP contribution in [0.5, 0.6) is 11.5 Å². The minimum absolute atomic E-state index is 0. The molecular formula is C32H24N6NaO16S4. The number of pyridine rings is 2. The first-order valence-corrected chi connectivity index (χ1v) is 21.3. The third-order valence-corrected chi connectivity index (χ3v) is 11.8. The van der Waals surface area contributed by atoms with Gasteiger partial charge in [-0.25, -0.2) is 0 Å². The van der Waals surface area contributed by atoms with Crippen molar-refractivity contribution >= 4 is 115 Å². The van der Waals surface area contributed by atoms with Crippen LogP contribution in [0.3, 0.4) is 0 Å². The maximum atomic E-state index is 12.5. The Morgan fingerprint density at radius 2 is 0.814 bits per heavy atom. The van der Waals surface area contributed by atoms with Gasteiger partial charge >= 0.3 is 0 Å². The van der Waals surface area contributed by atoms with Crippen LogP contribution in [0.2, 0.25) is 0 Å². The van der Waals surface area contributed by atoms with Gasteiger partial charge in [-0.1, -0.05) is 12.1 Å². The van der Waals surface area contributed by atoms with Gasteiger partial charge in [-0.05, 0) is 60.7 Å². The van der Waals surface area contributed by atoms with Gasteiger partial charge in [-0.15, -0.1) is 10.2 Å². The van der Waals surface area contributed by atoms with Crippen LogP contribution in [0, 0.1) is 0 Å². The summed E-state index contributed by atoms with van der Waals surface area (Å²) in [5.74, 6) is -1.37.